The number of furan rings is 1. The van der Waals surface area contributed by atoms with Crippen LogP contribution in [0.2, 0.25) is 0 Å². The van der Waals surface area contributed by atoms with Crippen LogP contribution in [0.15, 0.2) is 10.5 Å². The Labute approximate surface area is 114 Å². The van der Waals surface area contributed by atoms with Crippen LogP contribution in [0.25, 0.3) is 0 Å². The molecule has 1 aromatic rings. The van der Waals surface area contributed by atoms with Gasteiger partial charge in [0.05, 0.1) is 6.54 Å². The van der Waals surface area contributed by atoms with Gasteiger partial charge in [0.25, 0.3) is 0 Å². The first-order valence-corrected chi connectivity index (χ1v) is 6.39. The second-order valence-corrected chi connectivity index (χ2v) is 6.04. The minimum Gasteiger partial charge on any atom is -0.475 e. The maximum atomic E-state index is 10.9. The highest BCUT2D eigenvalue weighted by Gasteiger charge is 2.19. The molecule has 0 saturated carbocycles. The van der Waals surface area contributed by atoms with Crippen LogP contribution in [-0.2, 0) is 6.54 Å². The molecule has 0 saturated heterocycles. The SMILES string of the molecule is Cc1cc(CNCC(C)(C)CN(C)C)oc1C(=O)O. The van der Waals surface area contributed by atoms with E-state index in [2.05, 4.69) is 38.2 Å². The zero-order chi connectivity index (χ0) is 14.6. The first kappa shape index (κ1) is 15.7. The molecule has 108 valence electrons. The summed E-state index contributed by atoms with van der Waals surface area (Å²) < 4.78 is 5.30. The van der Waals surface area contributed by atoms with E-state index in [9.17, 15) is 4.79 Å². The monoisotopic (exact) mass is 268 g/mol. The van der Waals surface area contributed by atoms with E-state index in [4.69, 9.17) is 9.52 Å². The van der Waals surface area contributed by atoms with E-state index in [0.29, 0.717) is 17.9 Å². The summed E-state index contributed by atoms with van der Waals surface area (Å²) in [6.07, 6.45) is 0. The molecule has 0 aliphatic carbocycles. The van der Waals surface area contributed by atoms with Crippen molar-refractivity contribution in [3.8, 4) is 0 Å². The Kier molecular flexibility index (Phi) is 5.14. The molecule has 2 N–H and O–H groups in total. The topological polar surface area (TPSA) is 65.7 Å². The smallest absolute Gasteiger partial charge is 0.372 e. The van der Waals surface area contributed by atoms with Crippen molar-refractivity contribution < 1.29 is 14.3 Å². The molecule has 0 unspecified atom stereocenters. The van der Waals surface area contributed by atoms with Crippen molar-refractivity contribution in [3.63, 3.8) is 0 Å². The Hall–Kier alpha value is -1.33. The fourth-order valence-corrected chi connectivity index (χ4v) is 2.28. The van der Waals surface area contributed by atoms with Crippen molar-refractivity contribution in [2.75, 3.05) is 27.2 Å². The van der Waals surface area contributed by atoms with E-state index in [1.54, 1.807) is 13.0 Å². The molecule has 1 heterocycles. The van der Waals surface area contributed by atoms with Crippen molar-refractivity contribution in [2.45, 2.75) is 27.3 Å². The third-order valence-corrected chi connectivity index (χ3v) is 2.81. The van der Waals surface area contributed by atoms with Crippen LogP contribution < -0.4 is 5.32 Å². The Morgan fingerprint density at radius 2 is 2.11 bits per heavy atom. The summed E-state index contributed by atoms with van der Waals surface area (Å²) in [5.41, 5.74) is 0.817. The standard InChI is InChI=1S/C14H24N2O3/c1-10-6-11(19-12(10)13(17)18)7-15-8-14(2,3)9-16(4)5/h6,15H,7-9H2,1-5H3,(H,17,18). The van der Waals surface area contributed by atoms with Gasteiger partial charge in [-0.15, -0.1) is 0 Å². The van der Waals surface area contributed by atoms with E-state index in [1.165, 1.54) is 0 Å². The maximum absolute atomic E-state index is 10.9. The highest BCUT2D eigenvalue weighted by molar-refractivity contribution is 5.86. The van der Waals surface area contributed by atoms with Gasteiger partial charge >= 0.3 is 5.97 Å². The van der Waals surface area contributed by atoms with Gasteiger partial charge in [-0.1, -0.05) is 13.8 Å². The quantitative estimate of drug-likeness (QED) is 0.791. The lowest BCUT2D eigenvalue weighted by atomic mass is 9.93. The largest absolute Gasteiger partial charge is 0.475 e. The van der Waals surface area contributed by atoms with E-state index in [1.807, 2.05) is 0 Å². The first-order valence-electron chi connectivity index (χ1n) is 6.39. The van der Waals surface area contributed by atoms with Crippen LogP contribution in [0.1, 0.15) is 35.7 Å². The molecule has 0 radical (unpaired) electrons. The minimum absolute atomic E-state index is 0.0318. The molecule has 1 aromatic heterocycles. The molecular weight excluding hydrogens is 244 g/mol. The second kappa shape index (κ2) is 6.21. The molecule has 0 bridgehead atoms. The van der Waals surface area contributed by atoms with Crippen LogP contribution in [0.4, 0.5) is 0 Å². The fourth-order valence-electron chi connectivity index (χ4n) is 2.28. The van der Waals surface area contributed by atoms with Gasteiger partial charge in [0.2, 0.25) is 5.76 Å². The maximum Gasteiger partial charge on any atom is 0.372 e. The summed E-state index contributed by atoms with van der Waals surface area (Å²) in [5.74, 6) is -0.323. The van der Waals surface area contributed by atoms with Crippen LogP contribution in [0.5, 0.6) is 0 Å². The molecule has 5 heteroatoms. The molecule has 0 spiro atoms. The van der Waals surface area contributed by atoms with Gasteiger partial charge in [-0.25, -0.2) is 4.79 Å². The van der Waals surface area contributed by atoms with Crippen molar-refractivity contribution in [3.05, 3.63) is 23.2 Å². The Bertz CT molecular complexity index is 436. The van der Waals surface area contributed by atoms with Gasteiger partial charge in [0.1, 0.15) is 5.76 Å². The van der Waals surface area contributed by atoms with E-state index < -0.39 is 5.97 Å². The third-order valence-electron chi connectivity index (χ3n) is 2.81. The Morgan fingerprint density at radius 3 is 2.58 bits per heavy atom. The number of nitrogens with one attached hydrogen (secondary N) is 1. The van der Waals surface area contributed by atoms with Crippen molar-refractivity contribution in [1.82, 2.24) is 10.2 Å². The molecule has 1 rings (SSSR count). The predicted octanol–water partition coefficient (Wildman–Crippen LogP) is 1.96. The molecule has 0 fully saturated rings. The van der Waals surface area contributed by atoms with Gasteiger partial charge < -0.3 is 19.7 Å². The highest BCUT2D eigenvalue weighted by atomic mass is 16.4. The Balaban J connectivity index is 2.49. The van der Waals surface area contributed by atoms with Gasteiger partial charge in [0.15, 0.2) is 0 Å². The van der Waals surface area contributed by atoms with E-state index in [0.717, 1.165) is 13.1 Å². The van der Waals surface area contributed by atoms with Gasteiger partial charge in [-0.05, 0) is 32.5 Å². The number of hydrogen-bond acceptors (Lipinski definition) is 4. The van der Waals surface area contributed by atoms with Crippen LogP contribution >= 0.6 is 0 Å². The van der Waals surface area contributed by atoms with E-state index >= 15 is 0 Å². The van der Waals surface area contributed by atoms with Gasteiger partial charge in [-0.2, -0.15) is 0 Å². The average Bonchev–Trinajstić information content (AvgIpc) is 2.57. The molecule has 0 aliphatic rings. The summed E-state index contributed by atoms with van der Waals surface area (Å²) in [6.45, 7) is 8.49. The zero-order valence-corrected chi connectivity index (χ0v) is 12.4. The normalized spacial score (nSPS) is 12.1. The van der Waals surface area contributed by atoms with Crippen molar-refractivity contribution >= 4 is 5.97 Å². The molecular formula is C14H24N2O3. The summed E-state index contributed by atoms with van der Waals surface area (Å²) in [7, 11) is 4.10. The number of carboxylic acid groups (broad SMARTS) is 1. The molecule has 0 amide bonds. The first-order chi connectivity index (χ1) is 8.71. The summed E-state index contributed by atoms with van der Waals surface area (Å²) in [6, 6.07) is 1.77. The summed E-state index contributed by atoms with van der Waals surface area (Å²) in [4.78, 5) is 13.0. The number of carbonyl (C=O) groups is 1. The number of aryl methyl sites for hydroxylation is 1. The van der Waals surface area contributed by atoms with Gasteiger partial charge in [0, 0.05) is 18.7 Å². The highest BCUT2D eigenvalue weighted by Crippen LogP contribution is 2.17. The van der Waals surface area contributed by atoms with E-state index in [-0.39, 0.29) is 11.2 Å². The lowest BCUT2D eigenvalue weighted by Crippen LogP contribution is -2.37. The molecule has 0 atom stereocenters. The third kappa shape index (κ3) is 5.04. The zero-order valence-electron chi connectivity index (χ0n) is 12.4. The number of rotatable bonds is 7. The summed E-state index contributed by atoms with van der Waals surface area (Å²) in [5, 5.41) is 12.2. The number of hydrogen-bond donors (Lipinski definition) is 2. The average molecular weight is 268 g/mol. The number of nitrogens with zero attached hydrogens (tertiary/aromatic N) is 1. The predicted molar refractivity (Wildman–Crippen MR) is 74.4 cm³/mol. The molecule has 0 aromatic carbocycles. The van der Waals surface area contributed by atoms with Crippen molar-refractivity contribution in [2.24, 2.45) is 5.41 Å². The lowest BCUT2D eigenvalue weighted by molar-refractivity contribution is 0.0659. The number of carboxylic acids is 1. The number of aromatic carboxylic acids is 1. The molecule has 0 aliphatic heterocycles. The van der Waals surface area contributed by atoms with Crippen molar-refractivity contribution in [1.29, 1.82) is 0 Å². The van der Waals surface area contributed by atoms with Gasteiger partial charge in [-0.3, -0.25) is 0 Å². The van der Waals surface area contributed by atoms with Crippen LogP contribution in [0.3, 0.4) is 0 Å². The minimum atomic E-state index is -1.02. The fraction of sp³-hybridized carbons (Fsp3) is 0.643. The molecule has 19 heavy (non-hydrogen) atoms. The Morgan fingerprint density at radius 1 is 1.47 bits per heavy atom. The lowest BCUT2D eigenvalue weighted by Gasteiger charge is -2.28. The van der Waals surface area contributed by atoms with Crippen LogP contribution in [0, 0.1) is 12.3 Å². The second-order valence-electron chi connectivity index (χ2n) is 6.04. The summed E-state index contributed by atoms with van der Waals surface area (Å²) >= 11 is 0. The van der Waals surface area contributed by atoms with Crippen LogP contribution in [-0.4, -0.2) is 43.2 Å². The molecule has 5 nitrogen and oxygen atoms in total.